The molecule has 1 N–H and O–H groups in total. The van der Waals surface area contributed by atoms with Gasteiger partial charge in [0.25, 0.3) is 5.91 Å². The van der Waals surface area contributed by atoms with Gasteiger partial charge in [0.15, 0.2) is 5.60 Å². The predicted octanol–water partition coefficient (Wildman–Crippen LogP) is 1.67. The number of rotatable bonds is 3. The number of β-amino-alcohol motifs (C(OH)–C–C–N with tert-alkyl or cyclic N) is 1. The van der Waals surface area contributed by atoms with Crippen molar-refractivity contribution in [2.75, 3.05) is 20.1 Å². The van der Waals surface area contributed by atoms with E-state index in [0.29, 0.717) is 31.0 Å². The highest BCUT2D eigenvalue weighted by Crippen LogP contribution is 2.24. The SMILES string of the molecule is CC(=O)N1CCCC(O)(C(=O)N(C)Cc2cccc(Cl)c2)C1. The lowest BCUT2D eigenvalue weighted by Crippen LogP contribution is -2.58. The molecule has 0 aromatic heterocycles. The number of likely N-dealkylation sites (tertiary alicyclic amines) is 1. The number of amides is 2. The van der Waals surface area contributed by atoms with E-state index < -0.39 is 5.60 Å². The van der Waals surface area contributed by atoms with Crippen LogP contribution in [0.4, 0.5) is 0 Å². The maximum atomic E-state index is 12.6. The second-order valence-electron chi connectivity index (χ2n) is 5.87. The van der Waals surface area contributed by atoms with Crippen molar-refractivity contribution < 1.29 is 14.7 Å². The van der Waals surface area contributed by atoms with Crippen LogP contribution < -0.4 is 0 Å². The molecule has 1 aliphatic rings. The molecule has 0 spiro atoms. The van der Waals surface area contributed by atoms with Crippen LogP contribution >= 0.6 is 11.6 Å². The van der Waals surface area contributed by atoms with E-state index in [1.807, 2.05) is 12.1 Å². The Morgan fingerprint density at radius 3 is 2.82 bits per heavy atom. The van der Waals surface area contributed by atoms with E-state index in [2.05, 4.69) is 0 Å². The van der Waals surface area contributed by atoms with Crippen LogP contribution in [-0.2, 0) is 16.1 Å². The molecule has 1 saturated heterocycles. The van der Waals surface area contributed by atoms with E-state index in [1.165, 1.54) is 16.7 Å². The molecule has 1 aromatic rings. The largest absolute Gasteiger partial charge is 0.378 e. The van der Waals surface area contributed by atoms with Crippen molar-refractivity contribution in [3.63, 3.8) is 0 Å². The average Bonchev–Trinajstić information content (AvgIpc) is 2.46. The lowest BCUT2D eigenvalue weighted by molar-refractivity contribution is -0.159. The highest BCUT2D eigenvalue weighted by Gasteiger charge is 2.42. The Morgan fingerprint density at radius 1 is 1.45 bits per heavy atom. The predicted molar refractivity (Wildman–Crippen MR) is 84.4 cm³/mol. The van der Waals surface area contributed by atoms with Crippen LogP contribution in [0.1, 0.15) is 25.3 Å². The molecule has 1 aromatic carbocycles. The summed E-state index contributed by atoms with van der Waals surface area (Å²) in [5.74, 6) is -0.484. The summed E-state index contributed by atoms with van der Waals surface area (Å²) in [6, 6.07) is 7.26. The van der Waals surface area contributed by atoms with Crippen molar-refractivity contribution in [1.29, 1.82) is 0 Å². The van der Waals surface area contributed by atoms with Gasteiger partial charge in [-0.2, -0.15) is 0 Å². The molecule has 120 valence electrons. The fourth-order valence-corrected chi connectivity index (χ4v) is 3.03. The van der Waals surface area contributed by atoms with Crippen molar-refractivity contribution >= 4 is 23.4 Å². The van der Waals surface area contributed by atoms with Gasteiger partial charge in [0.05, 0.1) is 6.54 Å². The van der Waals surface area contributed by atoms with Crippen LogP contribution in [0.2, 0.25) is 5.02 Å². The Bertz CT molecular complexity index is 578. The molecule has 0 bridgehead atoms. The fourth-order valence-electron chi connectivity index (χ4n) is 2.82. The first-order valence-electron chi connectivity index (χ1n) is 7.30. The molecule has 2 amide bonds. The fraction of sp³-hybridized carbons (Fsp3) is 0.500. The van der Waals surface area contributed by atoms with Gasteiger partial charge in [-0.05, 0) is 30.5 Å². The molecule has 1 fully saturated rings. The highest BCUT2D eigenvalue weighted by molar-refractivity contribution is 6.30. The number of likely N-dealkylation sites (N-methyl/N-ethyl adjacent to an activating group) is 1. The van der Waals surface area contributed by atoms with E-state index in [9.17, 15) is 14.7 Å². The topological polar surface area (TPSA) is 60.9 Å². The number of benzene rings is 1. The van der Waals surface area contributed by atoms with E-state index in [4.69, 9.17) is 11.6 Å². The van der Waals surface area contributed by atoms with Crippen molar-refractivity contribution in [3.8, 4) is 0 Å². The van der Waals surface area contributed by atoms with E-state index in [-0.39, 0.29) is 18.4 Å². The normalized spacial score (nSPS) is 21.5. The summed E-state index contributed by atoms with van der Waals surface area (Å²) in [4.78, 5) is 27.1. The number of hydrogen-bond acceptors (Lipinski definition) is 3. The van der Waals surface area contributed by atoms with Gasteiger partial charge in [-0.3, -0.25) is 9.59 Å². The molecule has 1 heterocycles. The standard InChI is InChI=1S/C16H21ClN2O3/c1-12(20)19-8-4-7-16(22,11-19)15(21)18(2)10-13-5-3-6-14(17)9-13/h3,5-6,9,22H,4,7-8,10-11H2,1-2H3. The molecule has 2 rings (SSSR count). The number of piperidine rings is 1. The van der Waals surface area contributed by atoms with Crippen LogP contribution in [-0.4, -0.2) is 52.5 Å². The summed E-state index contributed by atoms with van der Waals surface area (Å²) in [7, 11) is 1.65. The molecule has 6 heteroatoms. The molecule has 22 heavy (non-hydrogen) atoms. The average molecular weight is 325 g/mol. The summed E-state index contributed by atoms with van der Waals surface area (Å²) >= 11 is 5.94. The van der Waals surface area contributed by atoms with E-state index >= 15 is 0 Å². The number of carbonyl (C=O) groups excluding carboxylic acids is 2. The van der Waals surface area contributed by atoms with E-state index in [0.717, 1.165) is 5.56 Å². The second kappa shape index (κ2) is 6.67. The second-order valence-corrected chi connectivity index (χ2v) is 6.30. The first-order valence-corrected chi connectivity index (χ1v) is 7.67. The van der Waals surface area contributed by atoms with Crippen LogP contribution in [0.5, 0.6) is 0 Å². The minimum Gasteiger partial charge on any atom is -0.378 e. The lowest BCUT2D eigenvalue weighted by Gasteiger charge is -2.39. The van der Waals surface area contributed by atoms with Gasteiger partial charge in [0.2, 0.25) is 5.91 Å². The van der Waals surface area contributed by atoms with Crippen LogP contribution in [0, 0.1) is 0 Å². The first kappa shape index (κ1) is 16.8. The van der Waals surface area contributed by atoms with Crippen LogP contribution in [0.3, 0.4) is 0 Å². The Hall–Kier alpha value is -1.59. The molecule has 0 radical (unpaired) electrons. The highest BCUT2D eigenvalue weighted by atomic mass is 35.5. The third-order valence-electron chi connectivity index (χ3n) is 3.97. The number of carbonyl (C=O) groups is 2. The van der Waals surface area contributed by atoms with Gasteiger partial charge < -0.3 is 14.9 Å². The molecular formula is C16H21ClN2O3. The smallest absolute Gasteiger partial charge is 0.256 e. The molecule has 1 unspecified atom stereocenters. The molecule has 0 saturated carbocycles. The minimum absolute atomic E-state index is 0.0566. The minimum atomic E-state index is -1.50. The quantitative estimate of drug-likeness (QED) is 0.920. The maximum absolute atomic E-state index is 12.6. The van der Waals surface area contributed by atoms with Gasteiger partial charge in [-0.25, -0.2) is 0 Å². The summed E-state index contributed by atoms with van der Waals surface area (Å²) in [5, 5.41) is 11.3. The Kier molecular flexibility index (Phi) is 5.08. The van der Waals surface area contributed by atoms with Crippen molar-refractivity contribution in [2.45, 2.75) is 31.9 Å². The Morgan fingerprint density at radius 2 is 2.18 bits per heavy atom. The number of halogens is 1. The number of aliphatic hydroxyl groups is 1. The van der Waals surface area contributed by atoms with Crippen molar-refractivity contribution in [2.24, 2.45) is 0 Å². The zero-order valence-corrected chi connectivity index (χ0v) is 13.6. The van der Waals surface area contributed by atoms with Crippen LogP contribution in [0.15, 0.2) is 24.3 Å². The Labute approximate surface area is 135 Å². The summed E-state index contributed by atoms with van der Waals surface area (Å²) in [6.45, 7) is 2.46. The lowest BCUT2D eigenvalue weighted by atomic mass is 9.91. The summed E-state index contributed by atoms with van der Waals surface area (Å²) in [6.07, 6.45) is 0.988. The summed E-state index contributed by atoms with van der Waals surface area (Å²) < 4.78 is 0. The third kappa shape index (κ3) is 3.78. The zero-order chi connectivity index (χ0) is 16.3. The molecular weight excluding hydrogens is 304 g/mol. The number of nitrogens with zero attached hydrogens (tertiary/aromatic N) is 2. The first-order chi connectivity index (χ1) is 10.3. The van der Waals surface area contributed by atoms with Crippen molar-refractivity contribution in [3.05, 3.63) is 34.9 Å². The maximum Gasteiger partial charge on any atom is 0.256 e. The molecule has 5 nitrogen and oxygen atoms in total. The monoisotopic (exact) mass is 324 g/mol. The summed E-state index contributed by atoms with van der Waals surface area (Å²) in [5.41, 5.74) is -0.608. The van der Waals surface area contributed by atoms with Gasteiger partial charge in [-0.15, -0.1) is 0 Å². The van der Waals surface area contributed by atoms with Gasteiger partial charge in [0.1, 0.15) is 0 Å². The molecule has 0 aliphatic carbocycles. The number of hydrogen-bond donors (Lipinski definition) is 1. The van der Waals surface area contributed by atoms with Crippen molar-refractivity contribution in [1.82, 2.24) is 9.80 Å². The van der Waals surface area contributed by atoms with E-state index in [1.54, 1.807) is 19.2 Å². The molecule has 1 aliphatic heterocycles. The van der Waals surface area contributed by atoms with Gasteiger partial charge in [-0.1, -0.05) is 23.7 Å². The Balaban J connectivity index is 2.07. The zero-order valence-electron chi connectivity index (χ0n) is 12.9. The van der Waals surface area contributed by atoms with Crippen LogP contribution in [0.25, 0.3) is 0 Å². The molecule has 1 atom stereocenters. The van der Waals surface area contributed by atoms with Gasteiger partial charge >= 0.3 is 0 Å². The van der Waals surface area contributed by atoms with Gasteiger partial charge in [0, 0.05) is 32.1 Å². The third-order valence-corrected chi connectivity index (χ3v) is 4.20.